The van der Waals surface area contributed by atoms with Gasteiger partial charge in [0.25, 0.3) is 0 Å². The van der Waals surface area contributed by atoms with Gasteiger partial charge < -0.3 is 10.7 Å². The van der Waals surface area contributed by atoms with Crippen molar-refractivity contribution in [1.82, 2.24) is 9.71 Å². The van der Waals surface area contributed by atoms with Gasteiger partial charge in [-0.3, -0.25) is 0 Å². The summed E-state index contributed by atoms with van der Waals surface area (Å²) >= 11 is 0. The Bertz CT molecular complexity index is 446. The molecule has 2 rings (SSSR count). The second kappa shape index (κ2) is 4.57. The van der Waals surface area contributed by atoms with E-state index in [9.17, 15) is 8.42 Å². The van der Waals surface area contributed by atoms with Crippen LogP contribution >= 0.6 is 0 Å². The fourth-order valence-electron chi connectivity index (χ4n) is 2.02. The highest BCUT2D eigenvalue weighted by atomic mass is 32.2. The Morgan fingerprint density at radius 2 is 2.12 bits per heavy atom. The van der Waals surface area contributed by atoms with E-state index in [0.29, 0.717) is 6.54 Å². The number of sulfonamides is 1. The smallest absolute Gasteiger partial charge is 0.242 e. The molecule has 0 radical (unpaired) electrons. The first-order valence-corrected chi connectivity index (χ1v) is 7.00. The minimum atomic E-state index is -3.37. The van der Waals surface area contributed by atoms with Gasteiger partial charge in [-0.15, -0.1) is 0 Å². The van der Waals surface area contributed by atoms with Crippen molar-refractivity contribution in [3.8, 4) is 0 Å². The van der Waals surface area contributed by atoms with Crippen molar-refractivity contribution >= 4 is 10.0 Å². The van der Waals surface area contributed by atoms with E-state index in [0.717, 1.165) is 31.4 Å². The Kier molecular flexibility index (Phi) is 3.32. The third kappa shape index (κ3) is 2.45. The van der Waals surface area contributed by atoms with Gasteiger partial charge in [0, 0.05) is 24.5 Å². The molecule has 4 N–H and O–H groups in total. The molecule has 0 amide bonds. The molecule has 0 saturated heterocycles. The molecular formula is C10H17N3O2S. The Morgan fingerprint density at radius 1 is 1.44 bits per heavy atom. The van der Waals surface area contributed by atoms with Crippen molar-refractivity contribution in [1.29, 1.82) is 0 Å². The predicted molar refractivity (Wildman–Crippen MR) is 61.3 cm³/mol. The monoisotopic (exact) mass is 243 g/mol. The molecule has 1 aromatic rings. The molecule has 0 atom stereocenters. The van der Waals surface area contributed by atoms with Gasteiger partial charge in [-0.1, -0.05) is 12.8 Å². The summed E-state index contributed by atoms with van der Waals surface area (Å²) in [7, 11) is -3.37. The number of aromatic nitrogens is 1. The number of nitrogens with two attached hydrogens (primary N) is 1. The van der Waals surface area contributed by atoms with Gasteiger partial charge in [0.15, 0.2) is 0 Å². The summed E-state index contributed by atoms with van der Waals surface area (Å²) in [5, 5.41) is 0. The van der Waals surface area contributed by atoms with Gasteiger partial charge in [-0.2, -0.15) is 0 Å². The molecule has 0 spiro atoms. The highest BCUT2D eigenvalue weighted by molar-refractivity contribution is 7.89. The molecular weight excluding hydrogens is 226 g/mol. The van der Waals surface area contributed by atoms with Crippen molar-refractivity contribution in [3.63, 3.8) is 0 Å². The van der Waals surface area contributed by atoms with Crippen LogP contribution in [0.25, 0.3) is 0 Å². The minimum absolute atomic E-state index is 0.0984. The van der Waals surface area contributed by atoms with Gasteiger partial charge >= 0.3 is 0 Å². The molecule has 1 fully saturated rings. The SMILES string of the molecule is NCc1cc(S(=O)(=O)NC2CCCC2)c[nH]1. The van der Waals surface area contributed by atoms with Gasteiger partial charge in [0.05, 0.1) is 4.90 Å². The highest BCUT2D eigenvalue weighted by Gasteiger charge is 2.23. The molecule has 90 valence electrons. The second-order valence-corrected chi connectivity index (χ2v) is 5.88. The third-order valence-electron chi connectivity index (χ3n) is 2.92. The maximum Gasteiger partial charge on any atom is 0.242 e. The van der Waals surface area contributed by atoms with Crippen LogP contribution in [0.3, 0.4) is 0 Å². The van der Waals surface area contributed by atoms with E-state index in [2.05, 4.69) is 9.71 Å². The molecule has 1 aliphatic rings. The Balaban J connectivity index is 2.11. The lowest BCUT2D eigenvalue weighted by molar-refractivity contribution is 0.552. The van der Waals surface area contributed by atoms with Crippen LogP contribution in [0.1, 0.15) is 31.4 Å². The molecule has 16 heavy (non-hydrogen) atoms. The van der Waals surface area contributed by atoms with Crippen LogP contribution in [0.4, 0.5) is 0 Å². The maximum atomic E-state index is 11.9. The lowest BCUT2D eigenvalue weighted by Crippen LogP contribution is -2.32. The topological polar surface area (TPSA) is 88.0 Å². The molecule has 1 aromatic heterocycles. The average Bonchev–Trinajstić information content (AvgIpc) is 2.85. The zero-order valence-corrected chi connectivity index (χ0v) is 9.89. The molecule has 0 aliphatic heterocycles. The van der Waals surface area contributed by atoms with Crippen LogP contribution < -0.4 is 10.5 Å². The summed E-state index contributed by atoms with van der Waals surface area (Å²) < 4.78 is 26.6. The van der Waals surface area contributed by atoms with E-state index in [1.165, 1.54) is 6.20 Å². The summed E-state index contributed by atoms with van der Waals surface area (Å²) in [6.45, 7) is 0.318. The van der Waals surface area contributed by atoms with Crippen molar-refractivity contribution in [2.24, 2.45) is 5.73 Å². The van der Waals surface area contributed by atoms with Crippen LogP contribution in [0.15, 0.2) is 17.2 Å². The van der Waals surface area contributed by atoms with E-state index in [1.54, 1.807) is 6.07 Å². The van der Waals surface area contributed by atoms with Crippen LogP contribution in [-0.2, 0) is 16.6 Å². The Labute approximate surface area is 95.5 Å². The molecule has 6 heteroatoms. The summed E-state index contributed by atoms with van der Waals surface area (Å²) in [6, 6.07) is 1.68. The van der Waals surface area contributed by atoms with E-state index >= 15 is 0 Å². The quantitative estimate of drug-likeness (QED) is 0.727. The van der Waals surface area contributed by atoms with Crippen molar-refractivity contribution < 1.29 is 8.42 Å². The molecule has 0 bridgehead atoms. The first-order chi connectivity index (χ1) is 7.62. The fraction of sp³-hybridized carbons (Fsp3) is 0.600. The standard InChI is InChI=1S/C10H17N3O2S/c11-6-9-5-10(7-12-9)16(14,15)13-8-3-1-2-4-8/h5,7-8,12-13H,1-4,6,11H2. The first kappa shape index (κ1) is 11.6. The number of rotatable bonds is 4. The zero-order chi connectivity index (χ0) is 11.6. The van der Waals surface area contributed by atoms with Gasteiger partial charge in [-0.05, 0) is 18.9 Å². The molecule has 1 aliphatic carbocycles. The molecule has 1 saturated carbocycles. The van der Waals surface area contributed by atoms with E-state index in [-0.39, 0.29) is 10.9 Å². The van der Waals surface area contributed by atoms with E-state index in [1.807, 2.05) is 0 Å². The second-order valence-electron chi connectivity index (χ2n) is 4.17. The van der Waals surface area contributed by atoms with Crippen LogP contribution in [-0.4, -0.2) is 19.4 Å². The lowest BCUT2D eigenvalue weighted by Gasteiger charge is -2.10. The van der Waals surface area contributed by atoms with Gasteiger partial charge in [0.1, 0.15) is 0 Å². The zero-order valence-electron chi connectivity index (χ0n) is 9.07. The largest absolute Gasteiger partial charge is 0.363 e. The minimum Gasteiger partial charge on any atom is -0.363 e. The summed E-state index contributed by atoms with van der Waals surface area (Å²) in [5.41, 5.74) is 6.15. The fourth-order valence-corrected chi connectivity index (χ4v) is 3.35. The summed E-state index contributed by atoms with van der Waals surface area (Å²) in [4.78, 5) is 3.12. The number of H-pyrrole nitrogens is 1. The summed E-state index contributed by atoms with van der Waals surface area (Å²) in [5.74, 6) is 0. The Hall–Kier alpha value is -0.850. The number of nitrogens with one attached hydrogen (secondary N) is 2. The van der Waals surface area contributed by atoms with Crippen molar-refractivity contribution in [2.75, 3.05) is 0 Å². The third-order valence-corrected chi connectivity index (χ3v) is 4.42. The molecule has 0 aromatic carbocycles. The number of hydrogen-bond acceptors (Lipinski definition) is 3. The average molecular weight is 243 g/mol. The molecule has 0 unspecified atom stereocenters. The van der Waals surface area contributed by atoms with Crippen LogP contribution in [0.2, 0.25) is 0 Å². The predicted octanol–water partition coefficient (Wildman–Crippen LogP) is 0.694. The van der Waals surface area contributed by atoms with Gasteiger partial charge in [-0.25, -0.2) is 13.1 Å². The van der Waals surface area contributed by atoms with Crippen LogP contribution in [0, 0.1) is 0 Å². The number of hydrogen-bond donors (Lipinski definition) is 3. The van der Waals surface area contributed by atoms with Crippen molar-refractivity contribution in [2.45, 2.75) is 43.2 Å². The van der Waals surface area contributed by atoms with E-state index in [4.69, 9.17) is 5.73 Å². The van der Waals surface area contributed by atoms with E-state index < -0.39 is 10.0 Å². The first-order valence-electron chi connectivity index (χ1n) is 5.51. The van der Waals surface area contributed by atoms with Crippen molar-refractivity contribution in [3.05, 3.63) is 18.0 Å². The van der Waals surface area contributed by atoms with Crippen LogP contribution in [0.5, 0.6) is 0 Å². The molecule has 1 heterocycles. The highest BCUT2D eigenvalue weighted by Crippen LogP contribution is 2.20. The Morgan fingerprint density at radius 3 is 2.69 bits per heavy atom. The summed E-state index contributed by atoms with van der Waals surface area (Å²) in [6.07, 6.45) is 5.57. The number of aromatic amines is 1. The normalized spacial score (nSPS) is 18.1. The lowest BCUT2D eigenvalue weighted by atomic mass is 10.3. The molecule has 5 nitrogen and oxygen atoms in total. The maximum absolute atomic E-state index is 11.9. The van der Waals surface area contributed by atoms with Gasteiger partial charge in [0.2, 0.25) is 10.0 Å².